The van der Waals surface area contributed by atoms with Gasteiger partial charge in [0.2, 0.25) is 0 Å². The van der Waals surface area contributed by atoms with E-state index in [-0.39, 0.29) is 22.9 Å². The molecule has 44 heavy (non-hydrogen) atoms. The summed E-state index contributed by atoms with van der Waals surface area (Å²) in [4.78, 5) is 0. The number of aliphatic hydroxyl groups is 1. The first-order valence-electron chi connectivity index (χ1n) is 15.6. The summed E-state index contributed by atoms with van der Waals surface area (Å²) in [5.74, 6) is 0.451. The van der Waals surface area contributed by atoms with Crippen LogP contribution in [0.25, 0.3) is 11.1 Å². The van der Waals surface area contributed by atoms with E-state index in [1.165, 1.54) is 24.3 Å². The highest BCUT2D eigenvalue weighted by atomic mass is 28.4. The summed E-state index contributed by atoms with van der Waals surface area (Å²) in [6.45, 7) is 15.1. The summed E-state index contributed by atoms with van der Waals surface area (Å²) in [5.41, 5.74) is 2.85. The van der Waals surface area contributed by atoms with Crippen LogP contribution in [0.4, 0.5) is 17.6 Å². The molecule has 0 radical (unpaired) electrons. The molecule has 238 valence electrons. The molecule has 1 heterocycles. The number of halogens is 4. The molecule has 0 spiro atoms. The third-order valence-electron chi connectivity index (χ3n) is 9.79. The average molecular weight is 629 g/mol. The molecule has 1 N–H and O–H groups in total. The molecule has 1 saturated carbocycles. The van der Waals surface area contributed by atoms with E-state index in [1.54, 1.807) is 12.1 Å². The molecule has 1 unspecified atom stereocenters. The summed E-state index contributed by atoms with van der Waals surface area (Å²) in [6, 6.07) is 13.0. The highest BCUT2D eigenvalue weighted by Gasteiger charge is 2.45. The molecule has 3 nitrogen and oxygen atoms in total. The Kier molecular flexibility index (Phi) is 8.62. The Balaban J connectivity index is 1.81. The number of hydrogen-bond acceptors (Lipinski definition) is 3. The van der Waals surface area contributed by atoms with Crippen molar-refractivity contribution < 1.29 is 31.8 Å². The van der Waals surface area contributed by atoms with Crippen molar-refractivity contribution in [1.82, 2.24) is 0 Å². The molecular weight excluding hydrogens is 584 g/mol. The van der Waals surface area contributed by atoms with Crippen molar-refractivity contribution in [1.29, 1.82) is 0 Å². The SMILES string of the molecule is CC1(C)C[C@H](O[Si](C)(C)C(C)(C)C)c2c(cc(C3CCCC3)c(C(O)c3ccc(C(F)(F)F)cc3)c2-c2ccc(F)cc2)O1. The Hall–Kier alpha value is -2.68. The highest BCUT2D eigenvalue weighted by Crippen LogP contribution is 2.55. The molecule has 0 saturated heterocycles. The molecular formula is C36H44F4O3Si. The summed E-state index contributed by atoms with van der Waals surface area (Å²) in [5, 5.41) is 12.1. The van der Waals surface area contributed by atoms with Gasteiger partial charge in [-0.3, -0.25) is 0 Å². The van der Waals surface area contributed by atoms with E-state index in [4.69, 9.17) is 9.16 Å². The van der Waals surface area contributed by atoms with Gasteiger partial charge in [-0.15, -0.1) is 0 Å². The molecule has 0 amide bonds. The van der Waals surface area contributed by atoms with Crippen LogP contribution in [-0.4, -0.2) is 19.0 Å². The third-order valence-corrected chi connectivity index (χ3v) is 14.3. The number of alkyl halides is 3. The lowest BCUT2D eigenvalue weighted by atomic mass is 9.77. The summed E-state index contributed by atoms with van der Waals surface area (Å²) in [7, 11) is -2.31. The molecule has 1 aliphatic carbocycles. The van der Waals surface area contributed by atoms with Crippen LogP contribution in [0.3, 0.4) is 0 Å². The van der Waals surface area contributed by atoms with Crippen molar-refractivity contribution in [3.8, 4) is 16.9 Å². The standard InChI is InChI=1S/C36H44F4O3Si/c1-34(2,3)44(6,7)43-29-21-35(4,5)42-28-20-27(22-10-8-9-11-22)31(30(32(28)29)23-14-18-26(37)19-15-23)33(41)24-12-16-25(17-13-24)36(38,39)40/h12-20,22,29,33,41H,8-11,21H2,1-7H3/t29-,33?/m0/s1. The second-order valence-electron chi connectivity index (χ2n) is 14.6. The smallest absolute Gasteiger partial charge is 0.416 e. The highest BCUT2D eigenvalue weighted by molar-refractivity contribution is 6.74. The Morgan fingerprint density at radius 1 is 0.955 bits per heavy atom. The molecule has 0 bridgehead atoms. The van der Waals surface area contributed by atoms with Crippen molar-refractivity contribution >= 4 is 8.32 Å². The lowest BCUT2D eigenvalue weighted by Gasteiger charge is -2.45. The van der Waals surface area contributed by atoms with Gasteiger partial charge in [-0.25, -0.2) is 4.39 Å². The predicted octanol–water partition coefficient (Wildman–Crippen LogP) is 10.9. The van der Waals surface area contributed by atoms with Crippen LogP contribution in [-0.2, 0) is 10.6 Å². The fraction of sp³-hybridized carbons (Fsp3) is 0.500. The Bertz CT molecular complexity index is 1480. The number of aliphatic hydroxyl groups excluding tert-OH is 1. The van der Waals surface area contributed by atoms with Gasteiger partial charge in [0.05, 0.1) is 11.7 Å². The minimum atomic E-state index is -4.48. The van der Waals surface area contributed by atoms with Gasteiger partial charge in [-0.05, 0) is 109 Å². The van der Waals surface area contributed by atoms with E-state index in [0.29, 0.717) is 28.9 Å². The second kappa shape index (κ2) is 11.6. The lowest BCUT2D eigenvalue weighted by molar-refractivity contribution is -0.137. The van der Waals surface area contributed by atoms with Crippen molar-refractivity contribution in [2.75, 3.05) is 0 Å². The van der Waals surface area contributed by atoms with Crippen LogP contribution in [0.15, 0.2) is 54.6 Å². The summed E-state index contributed by atoms with van der Waals surface area (Å²) >= 11 is 0. The van der Waals surface area contributed by atoms with Crippen molar-refractivity contribution in [3.63, 3.8) is 0 Å². The first kappa shape index (κ1) is 32.7. The number of benzene rings is 3. The normalized spacial score (nSPS) is 19.9. The first-order valence-corrected chi connectivity index (χ1v) is 18.5. The van der Waals surface area contributed by atoms with Crippen LogP contribution in [0.5, 0.6) is 5.75 Å². The van der Waals surface area contributed by atoms with Crippen molar-refractivity contribution in [3.05, 3.63) is 88.2 Å². The maximum absolute atomic E-state index is 14.3. The first-order chi connectivity index (χ1) is 20.4. The van der Waals surface area contributed by atoms with E-state index in [9.17, 15) is 22.7 Å². The predicted molar refractivity (Wildman–Crippen MR) is 169 cm³/mol. The van der Waals surface area contributed by atoms with Gasteiger partial charge in [0.25, 0.3) is 0 Å². The van der Waals surface area contributed by atoms with E-state index in [0.717, 1.165) is 54.5 Å². The molecule has 1 aliphatic heterocycles. The molecule has 1 fully saturated rings. The van der Waals surface area contributed by atoms with Crippen LogP contribution in [0, 0.1) is 5.82 Å². The van der Waals surface area contributed by atoms with E-state index in [1.807, 2.05) is 6.07 Å². The maximum atomic E-state index is 14.3. The van der Waals surface area contributed by atoms with Gasteiger partial charge < -0.3 is 14.3 Å². The molecule has 2 aliphatic rings. The van der Waals surface area contributed by atoms with Crippen LogP contribution < -0.4 is 4.74 Å². The monoisotopic (exact) mass is 628 g/mol. The molecule has 5 rings (SSSR count). The maximum Gasteiger partial charge on any atom is 0.416 e. The Morgan fingerprint density at radius 3 is 2.09 bits per heavy atom. The van der Waals surface area contributed by atoms with E-state index >= 15 is 0 Å². The van der Waals surface area contributed by atoms with Gasteiger partial charge in [0, 0.05) is 12.0 Å². The molecule has 2 atom stereocenters. The quantitative estimate of drug-likeness (QED) is 0.218. The van der Waals surface area contributed by atoms with Gasteiger partial charge >= 0.3 is 6.18 Å². The fourth-order valence-electron chi connectivity index (χ4n) is 6.45. The molecule has 3 aromatic carbocycles. The topological polar surface area (TPSA) is 38.7 Å². The van der Waals surface area contributed by atoms with Gasteiger partial charge in [0.1, 0.15) is 23.3 Å². The Labute approximate surface area is 259 Å². The zero-order valence-corrected chi connectivity index (χ0v) is 27.7. The van der Waals surface area contributed by atoms with Crippen molar-refractivity contribution in [2.24, 2.45) is 0 Å². The lowest BCUT2D eigenvalue weighted by Crippen LogP contribution is -2.45. The zero-order valence-electron chi connectivity index (χ0n) is 26.7. The van der Waals surface area contributed by atoms with Gasteiger partial charge in [-0.1, -0.05) is 57.9 Å². The van der Waals surface area contributed by atoms with Crippen LogP contribution in [0.2, 0.25) is 18.1 Å². The zero-order chi connectivity index (χ0) is 32.2. The summed E-state index contributed by atoms with van der Waals surface area (Å²) < 4.78 is 68.4. The molecule has 8 heteroatoms. The number of fused-ring (bicyclic) bond motifs is 1. The third kappa shape index (κ3) is 6.49. The number of hydrogen-bond donors (Lipinski definition) is 1. The second-order valence-corrected chi connectivity index (χ2v) is 19.4. The van der Waals surface area contributed by atoms with Crippen molar-refractivity contribution in [2.45, 2.75) is 115 Å². The van der Waals surface area contributed by atoms with Gasteiger partial charge in [0.15, 0.2) is 8.32 Å². The molecule has 3 aromatic rings. The Morgan fingerprint density at radius 2 is 1.55 bits per heavy atom. The van der Waals surface area contributed by atoms with Crippen LogP contribution >= 0.6 is 0 Å². The minimum absolute atomic E-state index is 0.0714. The van der Waals surface area contributed by atoms with E-state index < -0.39 is 31.8 Å². The molecule has 0 aromatic heterocycles. The van der Waals surface area contributed by atoms with Crippen LogP contribution in [0.1, 0.15) is 113 Å². The van der Waals surface area contributed by atoms with Gasteiger partial charge in [-0.2, -0.15) is 13.2 Å². The average Bonchev–Trinajstić information content (AvgIpc) is 3.45. The largest absolute Gasteiger partial charge is 0.487 e. The fourth-order valence-corrected chi connectivity index (χ4v) is 7.72. The number of rotatable bonds is 6. The minimum Gasteiger partial charge on any atom is -0.487 e. The van der Waals surface area contributed by atoms with E-state index in [2.05, 4.69) is 47.7 Å². The summed E-state index contributed by atoms with van der Waals surface area (Å²) in [6.07, 6.45) is -1.54. The number of ether oxygens (including phenoxy) is 1.